The first kappa shape index (κ1) is 15.8. The minimum absolute atomic E-state index is 0.299. The first-order valence-corrected chi connectivity index (χ1v) is 7.99. The van der Waals surface area contributed by atoms with Crippen LogP contribution in [0.4, 0.5) is 11.6 Å². The average Bonchev–Trinajstić information content (AvgIpc) is 2.46. The Hall–Kier alpha value is -1.62. The summed E-state index contributed by atoms with van der Waals surface area (Å²) in [4.78, 5) is 9.11. The van der Waals surface area contributed by atoms with E-state index in [4.69, 9.17) is 0 Å². The van der Waals surface area contributed by atoms with E-state index in [1.165, 1.54) is 5.56 Å². The molecule has 2 N–H and O–H groups in total. The van der Waals surface area contributed by atoms with Crippen molar-refractivity contribution in [2.24, 2.45) is 0 Å². The maximum Gasteiger partial charge on any atom is 0.135 e. The van der Waals surface area contributed by atoms with Crippen LogP contribution in [-0.2, 0) is 6.54 Å². The van der Waals surface area contributed by atoms with E-state index < -0.39 is 0 Å². The van der Waals surface area contributed by atoms with Gasteiger partial charge in [-0.15, -0.1) is 0 Å². The van der Waals surface area contributed by atoms with Crippen molar-refractivity contribution in [2.45, 2.75) is 33.2 Å². The second-order valence-electron chi connectivity index (χ2n) is 5.13. The molecule has 0 atom stereocenters. The first-order chi connectivity index (χ1) is 10.1. The zero-order valence-electron chi connectivity index (χ0n) is 12.7. The van der Waals surface area contributed by atoms with Crippen LogP contribution in [0.3, 0.4) is 0 Å². The fraction of sp³-hybridized carbons (Fsp3) is 0.375. The van der Waals surface area contributed by atoms with Crippen LogP contribution in [0.15, 0.2) is 34.8 Å². The smallest absolute Gasteiger partial charge is 0.135 e. The summed E-state index contributed by atoms with van der Waals surface area (Å²) in [6.45, 7) is 7.83. The zero-order chi connectivity index (χ0) is 15.2. The van der Waals surface area contributed by atoms with Crippen molar-refractivity contribution in [3.05, 3.63) is 46.2 Å². The Labute approximate surface area is 134 Å². The van der Waals surface area contributed by atoms with Crippen LogP contribution in [0.1, 0.15) is 38.1 Å². The van der Waals surface area contributed by atoms with Crippen LogP contribution in [0.2, 0.25) is 0 Å². The van der Waals surface area contributed by atoms with Gasteiger partial charge in [0.2, 0.25) is 0 Å². The maximum atomic E-state index is 4.58. The quantitative estimate of drug-likeness (QED) is 0.811. The van der Waals surface area contributed by atoms with Gasteiger partial charge in [-0.2, -0.15) is 0 Å². The Morgan fingerprint density at radius 2 is 1.76 bits per heavy atom. The molecule has 21 heavy (non-hydrogen) atoms. The lowest BCUT2D eigenvalue weighted by Crippen LogP contribution is -2.09. The number of benzene rings is 1. The zero-order valence-corrected chi connectivity index (χ0v) is 14.2. The molecule has 0 aliphatic carbocycles. The normalized spacial score (nSPS) is 10.7. The van der Waals surface area contributed by atoms with Gasteiger partial charge in [-0.1, -0.05) is 48.0 Å². The van der Waals surface area contributed by atoms with Crippen molar-refractivity contribution < 1.29 is 0 Å². The monoisotopic (exact) mass is 348 g/mol. The Kier molecular flexibility index (Phi) is 5.56. The van der Waals surface area contributed by atoms with Crippen molar-refractivity contribution in [3.8, 4) is 0 Å². The number of hydrogen-bond acceptors (Lipinski definition) is 4. The molecule has 0 amide bonds. The Balaban J connectivity index is 2.17. The SMILES string of the molecule is CCNc1cc(NCc2ccccc2Br)nc(C(C)C)n1. The summed E-state index contributed by atoms with van der Waals surface area (Å²) < 4.78 is 1.10. The second-order valence-corrected chi connectivity index (χ2v) is 5.98. The fourth-order valence-corrected chi connectivity index (χ4v) is 2.34. The summed E-state index contributed by atoms with van der Waals surface area (Å²) in [6, 6.07) is 10.1. The van der Waals surface area contributed by atoms with Gasteiger partial charge in [-0.25, -0.2) is 9.97 Å². The van der Waals surface area contributed by atoms with E-state index in [9.17, 15) is 0 Å². The Morgan fingerprint density at radius 3 is 2.38 bits per heavy atom. The summed E-state index contributed by atoms with van der Waals surface area (Å²) in [7, 11) is 0. The summed E-state index contributed by atoms with van der Waals surface area (Å²) in [6.07, 6.45) is 0. The predicted molar refractivity (Wildman–Crippen MR) is 91.8 cm³/mol. The number of nitrogens with zero attached hydrogens (tertiary/aromatic N) is 2. The lowest BCUT2D eigenvalue weighted by molar-refractivity contribution is 0.775. The van der Waals surface area contributed by atoms with Gasteiger partial charge >= 0.3 is 0 Å². The molecule has 1 aromatic heterocycles. The van der Waals surface area contributed by atoms with Crippen LogP contribution in [0.5, 0.6) is 0 Å². The molecule has 2 rings (SSSR count). The highest BCUT2D eigenvalue weighted by Gasteiger charge is 2.08. The summed E-state index contributed by atoms with van der Waals surface area (Å²) in [5.41, 5.74) is 1.20. The minimum Gasteiger partial charge on any atom is -0.370 e. The van der Waals surface area contributed by atoms with Gasteiger partial charge in [0.1, 0.15) is 17.5 Å². The standard InChI is InChI=1S/C16H21BrN4/c1-4-18-14-9-15(21-16(20-14)11(2)3)19-10-12-7-5-6-8-13(12)17/h5-9,11H,4,10H2,1-3H3,(H2,18,19,20,21). The average molecular weight is 349 g/mol. The Bertz CT molecular complexity index is 599. The van der Waals surface area contributed by atoms with Crippen LogP contribution in [0.25, 0.3) is 0 Å². The first-order valence-electron chi connectivity index (χ1n) is 7.20. The second kappa shape index (κ2) is 7.41. The van der Waals surface area contributed by atoms with Gasteiger partial charge in [0.25, 0.3) is 0 Å². The van der Waals surface area contributed by atoms with E-state index in [1.807, 2.05) is 24.3 Å². The molecular formula is C16H21BrN4. The molecule has 1 heterocycles. The maximum absolute atomic E-state index is 4.58. The topological polar surface area (TPSA) is 49.8 Å². The molecule has 1 aromatic carbocycles. The molecule has 0 fully saturated rings. The van der Waals surface area contributed by atoms with Gasteiger partial charge in [0.05, 0.1) is 0 Å². The molecule has 5 heteroatoms. The van der Waals surface area contributed by atoms with Crippen molar-refractivity contribution >= 4 is 27.6 Å². The number of aromatic nitrogens is 2. The van der Waals surface area contributed by atoms with Crippen LogP contribution < -0.4 is 10.6 Å². The van der Waals surface area contributed by atoms with Crippen molar-refractivity contribution in [2.75, 3.05) is 17.2 Å². The van der Waals surface area contributed by atoms with Crippen LogP contribution in [-0.4, -0.2) is 16.5 Å². The third-order valence-corrected chi connectivity index (χ3v) is 3.81. The number of anilines is 2. The van der Waals surface area contributed by atoms with Gasteiger partial charge in [0, 0.05) is 29.5 Å². The number of rotatable bonds is 6. The molecule has 0 bridgehead atoms. The van der Waals surface area contributed by atoms with Gasteiger partial charge in [-0.05, 0) is 18.6 Å². The molecule has 0 saturated heterocycles. The fourth-order valence-electron chi connectivity index (χ4n) is 1.91. The highest BCUT2D eigenvalue weighted by molar-refractivity contribution is 9.10. The highest BCUT2D eigenvalue weighted by atomic mass is 79.9. The van der Waals surface area contributed by atoms with Crippen molar-refractivity contribution in [1.29, 1.82) is 0 Å². The van der Waals surface area contributed by atoms with E-state index in [1.54, 1.807) is 0 Å². The van der Waals surface area contributed by atoms with E-state index >= 15 is 0 Å². The molecule has 0 radical (unpaired) electrons. The number of nitrogens with one attached hydrogen (secondary N) is 2. The molecule has 4 nitrogen and oxygen atoms in total. The predicted octanol–water partition coefficient (Wildman–Crippen LogP) is 4.41. The largest absolute Gasteiger partial charge is 0.370 e. The van der Waals surface area contributed by atoms with E-state index in [2.05, 4.69) is 63.4 Å². The van der Waals surface area contributed by atoms with Gasteiger partial charge in [0.15, 0.2) is 0 Å². The molecule has 112 valence electrons. The molecule has 0 aliphatic heterocycles. The molecule has 0 saturated carbocycles. The molecule has 0 unspecified atom stereocenters. The molecular weight excluding hydrogens is 328 g/mol. The van der Waals surface area contributed by atoms with Crippen LogP contribution >= 0.6 is 15.9 Å². The Morgan fingerprint density at radius 1 is 1.10 bits per heavy atom. The van der Waals surface area contributed by atoms with Crippen molar-refractivity contribution in [3.63, 3.8) is 0 Å². The van der Waals surface area contributed by atoms with Crippen LogP contribution in [0, 0.1) is 0 Å². The van der Waals surface area contributed by atoms with Gasteiger partial charge in [-0.3, -0.25) is 0 Å². The number of halogens is 1. The third kappa shape index (κ3) is 4.43. The van der Waals surface area contributed by atoms with Gasteiger partial charge < -0.3 is 10.6 Å². The summed E-state index contributed by atoms with van der Waals surface area (Å²) >= 11 is 3.56. The number of hydrogen-bond donors (Lipinski definition) is 2. The van der Waals surface area contributed by atoms with E-state index in [-0.39, 0.29) is 0 Å². The van der Waals surface area contributed by atoms with Crippen molar-refractivity contribution in [1.82, 2.24) is 9.97 Å². The lowest BCUT2D eigenvalue weighted by Gasteiger charge is -2.12. The van der Waals surface area contributed by atoms with E-state index in [0.29, 0.717) is 5.92 Å². The van der Waals surface area contributed by atoms with E-state index in [0.717, 1.165) is 35.0 Å². The molecule has 0 spiro atoms. The lowest BCUT2D eigenvalue weighted by atomic mass is 10.2. The third-order valence-electron chi connectivity index (χ3n) is 3.04. The highest BCUT2D eigenvalue weighted by Crippen LogP contribution is 2.20. The summed E-state index contributed by atoms with van der Waals surface area (Å²) in [5.74, 6) is 2.86. The molecule has 2 aromatic rings. The summed E-state index contributed by atoms with van der Waals surface area (Å²) in [5, 5.41) is 6.63. The minimum atomic E-state index is 0.299. The molecule has 0 aliphatic rings.